The van der Waals surface area contributed by atoms with Gasteiger partial charge in [0.25, 0.3) is 0 Å². The number of nitrogen functional groups attached to an aromatic ring is 1. The largest absolute Gasteiger partial charge is 0.397 e. The summed E-state index contributed by atoms with van der Waals surface area (Å²) in [6.07, 6.45) is 1.83. The molecule has 0 spiro atoms. The number of benzene rings is 1. The number of rotatable bonds is 0. The van der Waals surface area contributed by atoms with Crippen LogP contribution >= 0.6 is 0 Å². The number of fused-ring (bicyclic) bond motifs is 3. The lowest BCUT2D eigenvalue weighted by molar-refractivity contribution is 1.22. The van der Waals surface area contributed by atoms with Gasteiger partial charge in [-0.05, 0) is 19.1 Å². The summed E-state index contributed by atoms with van der Waals surface area (Å²) >= 11 is 0. The highest BCUT2D eigenvalue weighted by Crippen LogP contribution is 2.29. The molecule has 3 aromatic rings. The molecule has 2 heterocycles. The first-order valence-electron chi connectivity index (χ1n) is 4.89. The Labute approximate surface area is 86.9 Å². The molecule has 0 bridgehead atoms. The van der Waals surface area contributed by atoms with E-state index >= 15 is 0 Å². The topological polar surface area (TPSA) is 54.7 Å². The summed E-state index contributed by atoms with van der Waals surface area (Å²) < 4.78 is 0. The molecule has 0 saturated carbocycles. The van der Waals surface area contributed by atoms with Crippen LogP contribution in [-0.4, -0.2) is 9.97 Å². The maximum atomic E-state index is 5.92. The zero-order chi connectivity index (χ0) is 10.4. The lowest BCUT2D eigenvalue weighted by atomic mass is 10.1. The molecule has 0 radical (unpaired) electrons. The van der Waals surface area contributed by atoms with Crippen LogP contribution in [0, 0.1) is 6.92 Å². The van der Waals surface area contributed by atoms with E-state index in [1.54, 1.807) is 0 Å². The van der Waals surface area contributed by atoms with Crippen LogP contribution in [0.15, 0.2) is 30.5 Å². The van der Waals surface area contributed by atoms with E-state index in [9.17, 15) is 0 Å². The summed E-state index contributed by atoms with van der Waals surface area (Å²) in [6, 6.07) is 7.96. The summed E-state index contributed by atoms with van der Waals surface area (Å²) in [7, 11) is 0. The van der Waals surface area contributed by atoms with Gasteiger partial charge in [0.1, 0.15) is 0 Å². The van der Waals surface area contributed by atoms with Gasteiger partial charge in [-0.1, -0.05) is 12.1 Å². The number of aromatic amines is 1. The summed E-state index contributed by atoms with van der Waals surface area (Å²) in [4.78, 5) is 7.59. The number of para-hydroxylation sites is 1. The van der Waals surface area contributed by atoms with Crippen molar-refractivity contribution in [3.05, 3.63) is 36.2 Å². The minimum Gasteiger partial charge on any atom is -0.397 e. The molecule has 74 valence electrons. The fourth-order valence-electron chi connectivity index (χ4n) is 2.01. The molecule has 1 aromatic carbocycles. The molecule has 0 aliphatic rings. The zero-order valence-electron chi connectivity index (χ0n) is 8.41. The number of pyridine rings is 1. The smallest absolute Gasteiger partial charge is 0.0698 e. The van der Waals surface area contributed by atoms with Crippen molar-refractivity contribution in [2.45, 2.75) is 6.92 Å². The van der Waals surface area contributed by atoms with Gasteiger partial charge in [0.05, 0.1) is 22.4 Å². The quantitative estimate of drug-likeness (QED) is 0.544. The van der Waals surface area contributed by atoms with Gasteiger partial charge in [0.15, 0.2) is 0 Å². The van der Waals surface area contributed by atoms with E-state index in [1.165, 1.54) is 5.39 Å². The van der Waals surface area contributed by atoms with Crippen LogP contribution < -0.4 is 5.73 Å². The normalized spacial score (nSPS) is 11.3. The monoisotopic (exact) mass is 197 g/mol. The Bertz CT molecular complexity index is 596. The Morgan fingerprint density at radius 1 is 1.13 bits per heavy atom. The summed E-state index contributed by atoms with van der Waals surface area (Å²) in [5.74, 6) is 0. The van der Waals surface area contributed by atoms with Crippen LogP contribution in [0.25, 0.3) is 21.8 Å². The Balaban J connectivity index is 2.63. The molecule has 3 nitrogen and oxygen atoms in total. The predicted molar refractivity (Wildman–Crippen MR) is 62.7 cm³/mol. The summed E-state index contributed by atoms with van der Waals surface area (Å²) in [5, 5.41) is 2.35. The Kier molecular flexibility index (Phi) is 1.51. The molecular weight excluding hydrogens is 186 g/mol. The third-order valence-corrected chi connectivity index (χ3v) is 2.78. The van der Waals surface area contributed by atoms with Gasteiger partial charge in [0, 0.05) is 17.0 Å². The lowest BCUT2D eigenvalue weighted by Crippen LogP contribution is -1.84. The van der Waals surface area contributed by atoms with Crippen LogP contribution in [0.1, 0.15) is 5.69 Å². The van der Waals surface area contributed by atoms with Crippen LogP contribution in [0.5, 0.6) is 0 Å². The second kappa shape index (κ2) is 2.73. The molecule has 0 aliphatic carbocycles. The summed E-state index contributed by atoms with van der Waals surface area (Å²) in [5.41, 5.74) is 9.78. The molecule has 0 amide bonds. The van der Waals surface area contributed by atoms with Crippen LogP contribution in [-0.2, 0) is 0 Å². The van der Waals surface area contributed by atoms with Gasteiger partial charge in [0.2, 0.25) is 0 Å². The van der Waals surface area contributed by atoms with Crippen LogP contribution in [0.4, 0.5) is 5.69 Å². The number of aryl methyl sites for hydroxylation is 1. The second-order valence-corrected chi connectivity index (χ2v) is 3.71. The van der Waals surface area contributed by atoms with Crippen molar-refractivity contribution < 1.29 is 0 Å². The maximum absolute atomic E-state index is 5.92. The van der Waals surface area contributed by atoms with E-state index in [4.69, 9.17) is 5.73 Å². The van der Waals surface area contributed by atoms with Gasteiger partial charge in [-0.3, -0.25) is 4.98 Å². The maximum Gasteiger partial charge on any atom is 0.0698 e. The van der Waals surface area contributed by atoms with Crippen molar-refractivity contribution in [1.29, 1.82) is 0 Å². The van der Waals surface area contributed by atoms with E-state index < -0.39 is 0 Å². The molecule has 0 fully saturated rings. The number of hydrogen-bond donors (Lipinski definition) is 2. The number of nitrogens with zero attached hydrogens (tertiary/aromatic N) is 1. The van der Waals surface area contributed by atoms with Crippen molar-refractivity contribution >= 4 is 27.5 Å². The second-order valence-electron chi connectivity index (χ2n) is 3.71. The van der Waals surface area contributed by atoms with Crippen molar-refractivity contribution in [3.8, 4) is 0 Å². The molecule has 2 aromatic heterocycles. The molecule has 3 N–H and O–H groups in total. The van der Waals surface area contributed by atoms with E-state index in [-0.39, 0.29) is 0 Å². The van der Waals surface area contributed by atoms with Crippen molar-refractivity contribution in [2.24, 2.45) is 0 Å². The van der Waals surface area contributed by atoms with Crippen molar-refractivity contribution in [3.63, 3.8) is 0 Å². The van der Waals surface area contributed by atoms with Gasteiger partial charge in [-0.2, -0.15) is 0 Å². The Hall–Kier alpha value is -2.03. The zero-order valence-corrected chi connectivity index (χ0v) is 8.41. The van der Waals surface area contributed by atoms with Gasteiger partial charge in [-0.25, -0.2) is 0 Å². The average molecular weight is 197 g/mol. The Morgan fingerprint density at radius 3 is 2.80 bits per heavy atom. The molecule has 3 heteroatoms. The highest BCUT2D eigenvalue weighted by Gasteiger charge is 2.07. The first-order valence-corrected chi connectivity index (χ1v) is 4.89. The number of nitrogens with two attached hydrogens (primary N) is 1. The average Bonchev–Trinajstić information content (AvgIpc) is 2.60. The molecule has 0 unspecified atom stereocenters. The van der Waals surface area contributed by atoms with Crippen LogP contribution in [0.3, 0.4) is 0 Å². The first-order chi connectivity index (χ1) is 7.27. The number of nitrogens with one attached hydrogen (secondary N) is 1. The minimum atomic E-state index is 0.781. The van der Waals surface area contributed by atoms with Gasteiger partial charge in [-0.15, -0.1) is 0 Å². The fourth-order valence-corrected chi connectivity index (χ4v) is 2.01. The highest BCUT2D eigenvalue weighted by atomic mass is 14.8. The lowest BCUT2D eigenvalue weighted by Gasteiger charge is -1.93. The minimum absolute atomic E-state index is 0.781. The van der Waals surface area contributed by atoms with E-state index in [2.05, 4.69) is 16.0 Å². The molecule has 3 rings (SSSR count). The first kappa shape index (κ1) is 8.29. The van der Waals surface area contributed by atoms with Gasteiger partial charge >= 0.3 is 0 Å². The Morgan fingerprint density at radius 2 is 1.93 bits per heavy atom. The number of hydrogen-bond acceptors (Lipinski definition) is 2. The number of aromatic nitrogens is 2. The predicted octanol–water partition coefficient (Wildman–Crippen LogP) is 2.61. The molecule has 0 atom stereocenters. The third kappa shape index (κ3) is 1.03. The van der Waals surface area contributed by atoms with Crippen molar-refractivity contribution in [1.82, 2.24) is 9.97 Å². The van der Waals surface area contributed by atoms with E-state index in [0.29, 0.717) is 0 Å². The molecule has 0 aliphatic heterocycles. The highest BCUT2D eigenvalue weighted by molar-refractivity contribution is 6.11. The summed E-state index contributed by atoms with van der Waals surface area (Å²) in [6.45, 7) is 1.99. The molecular formula is C12H11N3. The van der Waals surface area contributed by atoms with Crippen LogP contribution in [0.2, 0.25) is 0 Å². The SMILES string of the molecule is Cc1nccc2c1[nH]c1c(N)cccc12. The molecule has 15 heavy (non-hydrogen) atoms. The standard InChI is InChI=1S/C12H11N3/c1-7-11-9(5-6-14-7)8-3-2-4-10(13)12(8)15-11/h2-6,15H,13H2,1H3. The number of anilines is 1. The number of H-pyrrole nitrogens is 1. The van der Waals surface area contributed by atoms with E-state index in [1.807, 2.05) is 31.3 Å². The molecule has 0 saturated heterocycles. The fraction of sp³-hybridized carbons (Fsp3) is 0.0833. The van der Waals surface area contributed by atoms with Crippen molar-refractivity contribution in [2.75, 3.05) is 5.73 Å². The van der Waals surface area contributed by atoms with Gasteiger partial charge < -0.3 is 10.7 Å². The third-order valence-electron chi connectivity index (χ3n) is 2.78. The van der Waals surface area contributed by atoms with E-state index in [0.717, 1.165) is 27.8 Å².